The topological polar surface area (TPSA) is 136 Å². The molecule has 0 aliphatic heterocycles. The molecule has 0 saturated carbocycles. The fourth-order valence-electron chi connectivity index (χ4n) is 1.39. The number of hydrogen-bond acceptors (Lipinski definition) is 5. The molecule has 8 nitrogen and oxygen atoms in total. The van der Waals surface area contributed by atoms with E-state index in [2.05, 4.69) is 14.9 Å². The monoisotopic (exact) mass is 292 g/mol. The van der Waals surface area contributed by atoms with Crippen LogP contribution in [0, 0.1) is 11.3 Å². The number of aromatic amines is 1. The Labute approximate surface area is 113 Å². The maximum Gasteiger partial charge on any atom is 0.353 e. The van der Waals surface area contributed by atoms with E-state index in [1.165, 1.54) is 24.3 Å². The standard InChI is InChI=1S/C11H8N4O4S/c12-6-7-1-3-8(4-2-7)20(18,19)15-10-5-9(11(16)17)13-14-10/h1-5H,(H,16,17)(H2,13,14,15). The van der Waals surface area contributed by atoms with Gasteiger partial charge in [0.2, 0.25) is 0 Å². The van der Waals surface area contributed by atoms with Gasteiger partial charge in [-0.05, 0) is 24.3 Å². The van der Waals surface area contributed by atoms with Crippen LogP contribution in [0.3, 0.4) is 0 Å². The second-order valence-electron chi connectivity index (χ2n) is 3.71. The smallest absolute Gasteiger partial charge is 0.353 e. The SMILES string of the molecule is N#Cc1ccc(S(=O)(=O)Nc2cc(C(=O)O)[nH]n2)cc1. The van der Waals surface area contributed by atoms with Gasteiger partial charge in [-0.25, -0.2) is 13.2 Å². The summed E-state index contributed by atoms with van der Waals surface area (Å²) in [5.74, 6) is -1.38. The van der Waals surface area contributed by atoms with Gasteiger partial charge in [0.25, 0.3) is 10.0 Å². The van der Waals surface area contributed by atoms with Crippen molar-refractivity contribution in [1.29, 1.82) is 5.26 Å². The minimum Gasteiger partial charge on any atom is -0.477 e. The Bertz CT molecular complexity index is 787. The van der Waals surface area contributed by atoms with Crippen LogP contribution in [-0.2, 0) is 10.0 Å². The first kappa shape index (κ1) is 13.6. The lowest BCUT2D eigenvalue weighted by molar-refractivity contribution is 0.0690. The summed E-state index contributed by atoms with van der Waals surface area (Å²) in [5, 5.41) is 23.0. The first-order chi connectivity index (χ1) is 9.42. The summed E-state index contributed by atoms with van der Waals surface area (Å²) in [6.45, 7) is 0. The maximum atomic E-state index is 12.0. The zero-order valence-electron chi connectivity index (χ0n) is 9.86. The van der Waals surface area contributed by atoms with Crippen molar-refractivity contribution in [3.8, 4) is 6.07 Å². The van der Waals surface area contributed by atoms with Gasteiger partial charge in [-0.1, -0.05) is 0 Å². The molecule has 3 N–H and O–H groups in total. The van der Waals surface area contributed by atoms with E-state index in [9.17, 15) is 13.2 Å². The number of sulfonamides is 1. The van der Waals surface area contributed by atoms with E-state index >= 15 is 0 Å². The van der Waals surface area contributed by atoms with Gasteiger partial charge in [-0.3, -0.25) is 9.82 Å². The molecule has 0 atom stereocenters. The predicted molar refractivity (Wildman–Crippen MR) is 67.5 cm³/mol. The number of anilines is 1. The lowest BCUT2D eigenvalue weighted by Gasteiger charge is -2.04. The summed E-state index contributed by atoms with van der Waals surface area (Å²) in [6.07, 6.45) is 0. The number of carbonyl (C=O) groups is 1. The van der Waals surface area contributed by atoms with E-state index in [1.54, 1.807) is 0 Å². The number of carboxylic acid groups (broad SMARTS) is 1. The highest BCUT2D eigenvalue weighted by Crippen LogP contribution is 2.15. The van der Waals surface area contributed by atoms with Crippen molar-refractivity contribution in [2.75, 3.05) is 4.72 Å². The molecule has 0 amide bonds. The molecule has 9 heteroatoms. The number of carboxylic acids is 1. The molecule has 0 fully saturated rings. The number of H-pyrrole nitrogens is 1. The van der Waals surface area contributed by atoms with Crippen LogP contribution in [0.15, 0.2) is 35.2 Å². The summed E-state index contributed by atoms with van der Waals surface area (Å²) in [6, 6.07) is 8.20. The Hall–Kier alpha value is -2.86. The second kappa shape index (κ2) is 5.02. The molecule has 2 rings (SSSR count). The molecule has 1 aromatic carbocycles. The summed E-state index contributed by atoms with van der Waals surface area (Å²) in [5.41, 5.74) is 0.0967. The molecule has 0 radical (unpaired) electrons. The molecule has 0 spiro atoms. The number of nitriles is 1. The number of nitrogens with one attached hydrogen (secondary N) is 2. The molecule has 0 aliphatic carbocycles. The summed E-state index contributed by atoms with van der Waals surface area (Å²) >= 11 is 0. The minimum absolute atomic E-state index is 0.0589. The lowest BCUT2D eigenvalue weighted by atomic mass is 10.2. The third-order valence-corrected chi connectivity index (χ3v) is 3.71. The number of hydrogen-bond donors (Lipinski definition) is 3. The van der Waals surface area contributed by atoms with Gasteiger partial charge >= 0.3 is 5.97 Å². The Morgan fingerprint density at radius 3 is 2.50 bits per heavy atom. The van der Waals surface area contributed by atoms with Crippen molar-refractivity contribution in [1.82, 2.24) is 10.2 Å². The van der Waals surface area contributed by atoms with Crippen molar-refractivity contribution in [3.63, 3.8) is 0 Å². The van der Waals surface area contributed by atoms with Gasteiger partial charge in [0.1, 0.15) is 5.69 Å². The van der Waals surface area contributed by atoms with E-state index in [-0.39, 0.29) is 16.4 Å². The summed E-state index contributed by atoms with van der Waals surface area (Å²) < 4.78 is 26.1. The highest BCUT2D eigenvalue weighted by Gasteiger charge is 2.17. The van der Waals surface area contributed by atoms with Crippen LogP contribution < -0.4 is 4.72 Å². The maximum absolute atomic E-state index is 12.0. The molecule has 102 valence electrons. The molecular weight excluding hydrogens is 284 g/mol. The van der Waals surface area contributed by atoms with Crippen LogP contribution in [0.25, 0.3) is 0 Å². The highest BCUT2D eigenvalue weighted by molar-refractivity contribution is 7.92. The van der Waals surface area contributed by atoms with Crippen LogP contribution in [0.2, 0.25) is 0 Å². The van der Waals surface area contributed by atoms with Gasteiger partial charge in [0.05, 0.1) is 16.5 Å². The number of rotatable bonds is 4. The number of nitrogens with zero attached hydrogens (tertiary/aromatic N) is 2. The summed E-state index contributed by atoms with van der Waals surface area (Å²) in [4.78, 5) is 10.6. The molecule has 2 aromatic rings. The fourth-order valence-corrected chi connectivity index (χ4v) is 2.38. The molecule has 1 heterocycles. The van der Waals surface area contributed by atoms with Crippen LogP contribution in [0.5, 0.6) is 0 Å². The van der Waals surface area contributed by atoms with E-state index < -0.39 is 16.0 Å². The zero-order chi connectivity index (χ0) is 14.8. The molecule has 0 unspecified atom stereocenters. The average molecular weight is 292 g/mol. The third-order valence-electron chi connectivity index (χ3n) is 2.34. The van der Waals surface area contributed by atoms with Crippen molar-refractivity contribution < 1.29 is 18.3 Å². The second-order valence-corrected chi connectivity index (χ2v) is 5.40. The quantitative estimate of drug-likeness (QED) is 0.761. The van der Waals surface area contributed by atoms with Crippen molar-refractivity contribution in [3.05, 3.63) is 41.6 Å². The van der Waals surface area contributed by atoms with Crippen molar-refractivity contribution in [2.45, 2.75) is 4.90 Å². The number of benzene rings is 1. The van der Waals surface area contributed by atoms with Crippen LogP contribution in [-0.4, -0.2) is 29.7 Å². The third kappa shape index (κ3) is 2.76. The fraction of sp³-hybridized carbons (Fsp3) is 0. The Kier molecular flexibility index (Phi) is 3.41. The molecule has 0 saturated heterocycles. The van der Waals surface area contributed by atoms with Crippen molar-refractivity contribution in [2.24, 2.45) is 0 Å². The van der Waals surface area contributed by atoms with Crippen LogP contribution in [0.4, 0.5) is 5.82 Å². The van der Waals surface area contributed by atoms with Crippen LogP contribution >= 0.6 is 0 Å². The van der Waals surface area contributed by atoms with E-state index in [1.807, 2.05) is 6.07 Å². The van der Waals surface area contributed by atoms with Gasteiger partial charge in [0.15, 0.2) is 5.82 Å². The largest absolute Gasteiger partial charge is 0.477 e. The average Bonchev–Trinajstić information content (AvgIpc) is 2.87. The Morgan fingerprint density at radius 1 is 1.35 bits per heavy atom. The van der Waals surface area contributed by atoms with Gasteiger partial charge < -0.3 is 5.11 Å². The number of aromatic nitrogens is 2. The predicted octanol–water partition coefficient (Wildman–Crippen LogP) is 0.780. The van der Waals surface area contributed by atoms with E-state index in [0.29, 0.717) is 5.56 Å². The highest BCUT2D eigenvalue weighted by atomic mass is 32.2. The van der Waals surface area contributed by atoms with Gasteiger partial charge in [-0.2, -0.15) is 10.4 Å². The van der Waals surface area contributed by atoms with E-state index in [0.717, 1.165) is 6.07 Å². The molecule has 1 aromatic heterocycles. The van der Waals surface area contributed by atoms with Gasteiger partial charge in [-0.15, -0.1) is 0 Å². The molecule has 0 aliphatic rings. The molecule has 20 heavy (non-hydrogen) atoms. The Morgan fingerprint density at radius 2 is 2.00 bits per heavy atom. The first-order valence-electron chi connectivity index (χ1n) is 5.24. The minimum atomic E-state index is -3.89. The normalized spacial score (nSPS) is 10.8. The van der Waals surface area contributed by atoms with E-state index in [4.69, 9.17) is 10.4 Å². The summed E-state index contributed by atoms with van der Waals surface area (Å²) in [7, 11) is -3.89. The Balaban J connectivity index is 2.25. The molecule has 0 bridgehead atoms. The van der Waals surface area contributed by atoms with Crippen molar-refractivity contribution >= 4 is 21.8 Å². The lowest BCUT2D eigenvalue weighted by Crippen LogP contribution is -2.13. The van der Waals surface area contributed by atoms with Gasteiger partial charge in [0, 0.05) is 6.07 Å². The zero-order valence-corrected chi connectivity index (χ0v) is 10.7. The first-order valence-corrected chi connectivity index (χ1v) is 6.72. The number of aromatic carboxylic acids is 1. The van der Waals surface area contributed by atoms with Crippen LogP contribution in [0.1, 0.15) is 16.1 Å². The molecular formula is C11H8N4O4S.